The molecule has 0 aliphatic rings. The van der Waals surface area contributed by atoms with Gasteiger partial charge in [-0.15, -0.1) is 24.0 Å². The third kappa shape index (κ3) is 16.3. The highest BCUT2D eigenvalue weighted by Gasteiger charge is 2.05. The highest BCUT2D eigenvalue weighted by atomic mass is 127. The molecule has 0 saturated carbocycles. The summed E-state index contributed by atoms with van der Waals surface area (Å²) in [5, 5.41) is 9.28. The Kier molecular flexibility index (Phi) is 20.0. The van der Waals surface area contributed by atoms with Crippen molar-refractivity contribution in [1.29, 1.82) is 0 Å². The van der Waals surface area contributed by atoms with Crippen LogP contribution in [0.3, 0.4) is 0 Å². The Morgan fingerprint density at radius 2 is 1.92 bits per heavy atom. The number of aliphatic imine (C=N–C) groups is 1. The molecule has 0 aromatic rings. The summed E-state index contributed by atoms with van der Waals surface area (Å²) in [6.45, 7) is 10.0. The van der Waals surface area contributed by atoms with Crippen molar-refractivity contribution in [3.63, 3.8) is 0 Å². The maximum atomic E-state index is 11.7. The molecule has 1 unspecified atom stereocenters. The van der Waals surface area contributed by atoms with Gasteiger partial charge in [-0.05, 0) is 26.7 Å². The number of methoxy groups -OCH3 is 1. The van der Waals surface area contributed by atoms with Crippen molar-refractivity contribution in [2.24, 2.45) is 4.99 Å². The highest BCUT2D eigenvalue weighted by Crippen LogP contribution is 1.89. The zero-order chi connectivity index (χ0) is 17.3. The van der Waals surface area contributed by atoms with Crippen LogP contribution in [0.4, 0.5) is 0 Å². The van der Waals surface area contributed by atoms with Crippen LogP contribution in [0, 0.1) is 0 Å². The summed E-state index contributed by atoms with van der Waals surface area (Å²) >= 11 is 0. The van der Waals surface area contributed by atoms with Gasteiger partial charge in [0.15, 0.2) is 5.96 Å². The Labute approximate surface area is 163 Å². The maximum Gasteiger partial charge on any atom is 0.221 e. The van der Waals surface area contributed by atoms with E-state index < -0.39 is 0 Å². The van der Waals surface area contributed by atoms with Crippen LogP contribution in [0.15, 0.2) is 4.99 Å². The van der Waals surface area contributed by atoms with Crippen molar-refractivity contribution < 1.29 is 14.3 Å². The maximum absolute atomic E-state index is 11.7. The van der Waals surface area contributed by atoms with Gasteiger partial charge in [0.2, 0.25) is 5.91 Å². The van der Waals surface area contributed by atoms with Gasteiger partial charge >= 0.3 is 0 Å². The number of carbonyl (C=O) groups excluding carboxylic acids is 1. The fraction of sp³-hybridized carbons (Fsp3) is 0.875. The number of halogens is 1. The highest BCUT2D eigenvalue weighted by molar-refractivity contribution is 14.0. The van der Waals surface area contributed by atoms with Crippen LogP contribution in [-0.4, -0.2) is 64.5 Å². The Balaban J connectivity index is 0. The molecule has 0 bridgehead atoms. The molecule has 1 amide bonds. The minimum atomic E-state index is 0. The van der Waals surface area contributed by atoms with E-state index in [1.54, 1.807) is 7.11 Å². The quantitative estimate of drug-likeness (QED) is 0.169. The van der Waals surface area contributed by atoms with Crippen molar-refractivity contribution in [1.82, 2.24) is 16.0 Å². The first-order valence-corrected chi connectivity index (χ1v) is 8.52. The summed E-state index contributed by atoms with van der Waals surface area (Å²) in [4.78, 5) is 16.2. The lowest BCUT2D eigenvalue weighted by molar-refractivity contribution is -0.121. The molecule has 0 aliphatic carbocycles. The zero-order valence-electron chi connectivity index (χ0n) is 15.5. The minimum absolute atomic E-state index is 0. The normalized spacial score (nSPS) is 12.2. The van der Waals surface area contributed by atoms with E-state index in [0.717, 1.165) is 25.3 Å². The van der Waals surface area contributed by atoms with Gasteiger partial charge < -0.3 is 25.4 Å². The molecule has 0 aliphatic heterocycles. The summed E-state index contributed by atoms with van der Waals surface area (Å²) in [7, 11) is 1.66. The molecular formula is C16H35IN4O3. The summed E-state index contributed by atoms with van der Waals surface area (Å²) < 4.78 is 10.3. The van der Waals surface area contributed by atoms with Gasteiger partial charge in [-0.25, -0.2) is 0 Å². The van der Waals surface area contributed by atoms with E-state index in [-0.39, 0.29) is 35.9 Å². The predicted molar refractivity (Wildman–Crippen MR) is 109 cm³/mol. The predicted octanol–water partition coefficient (Wildman–Crippen LogP) is 1.52. The van der Waals surface area contributed by atoms with Gasteiger partial charge in [0.05, 0.1) is 13.2 Å². The Bertz CT molecular complexity index is 330. The zero-order valence-corrected chi connectivity index (χ0v) is 17.9. The average Bonchev–Trinajstić information content (AvgIpc) is 2.53. The molecule has 0 spiro atoms. The molecule has 0 saturated heterocycles. The van der Waals surface area contributed by atoms with Gasteiger partial charge in [-0.2, -0.15) is 0 Å². The summed E-state index contributed by atoms with van der Waals surface area (Å²) in [5.41, 5.74) is 0. The number of hydrogen-bond donors (Lipinski definition) is 3. The molecule has 1 atom stereocenters. The van der Waals surface area contributed by atoms with Gasteiger partial charge in [0, 0.05) is 45.8 Å². The standard InChI is InChI=1S/C16H34N4O3.HI/c1-5-14(3)20-15(21)8-10-19-16(17-6-2)18-9-7-11-23-13-12-22-4;/h14H,5-13H2,1-4H3,(H,20,21)(H2,17,18,19);1H. The third-order valence-electron chi connectivity index (χ3n) is 3.16. The van der Waals surface area contributed by atoms with Crippen molar-refractivity contribution in [2.75, 3.05) is 46.6 Å². The van der Waals surface area contributed by atoms with Gasteiger partial charge in [0.25, 0.3) is 0 Å². The topological polar surface area (TPSA) is 84.0 Å². The molecule has 144 valence electrons. The van der Waals surface area contributed by atoms with Crippen molar-refractivity contribution >= 4 is 35.8 Å². The Morgan fingerprint density at radius 3 is 2.54 bits per heavy atom. The van der Waals surface area contributed by atoms with E-state index in [2.05, 4.69) is 27.9 Å². The third-order valence-corrected chi connectivity index (χ3v) is 3.16. The number of nitrogens with zero attached hydrogens (tertiary/aromatic N) is 1. The van der Waals surface area contributed by atoms with Crippen LogP contribution in [0.5, 0.6) is 0 Å². The molecule has 0 heterocycles. The largest absolute Gasteiger partial charge is 0.382 e. The van der Waals surface area contributed by atoms with Crippen molar-refractivity contribution in [3.8, 4) is 0 Å². The average molecular weight is 458 g/mol. The molecule has 0 fully saturated rings. The van der Waals surface area contributed by atoms with Gasteiger partial charge in [-0.3, -0.25) is 9.79 Å². The fourth-order valence-electron chi connectivity index (χ4n) is 1.69. The fourth-order valence-corrected chi connectivity index (χ4v) is 1.69. The molecule has 8 heteroatoms. The van der Waals surface area contributed by atoms with E-state index >= 15 is 0 Å². The molecular weight excluding hydrogens is 423 g/mol. The lowest BCUT2D eigenvalue weighted by Gasteiger charge is -2.13. The molecule has 0 aromatic carbocycles. The van der Waals surface area contributed by atoms with Crippen molar-refractivity contribution in [3.05, 3.63) is 0 Å². The summed E-state index contributed by atoms with van der Waals surface area (Å²) in [5.74, 6) is 0.801. The first kappa shape index (κ1) is 25.6. The van der Waals surface area contributed by atoms with Crippen LogP contribution in [0.25, 0.3) is 0 Å². The second-order valence-corrected chi connectivity index (χ2v) is 5.27. The van der Waals surface area contributed by atoms with Crippen LogP contribution < -0.4 is 16.0 Å². The van der Waals surface area contributed by atoms with E-state index in [4.69, 9.17) is 9.47 Å². The molecule has 0 radical (unpaired) electrons. The number of rotatable bonds is 13. The molecule has 0 rings (SSSR count). The second-order valence-electron chi connectivity index (χ2n) is 5.27. The SMILES string of the molecule is CCNC(=NCCCOCCOC)NCCC(=O)NC(C)CC.I. The monoisotopic (exact) mass is 458 g/mol. The summed E-state index contributed by atoms with van der Waals surface area (Å²) in [6.07, 6.45) is 2.24. The smallest absolute Gasteiger partial charge is 0.221 e. The van der Waals surface area contributed by atoms with Crippen LogP contribution in [0.1, 0.15) is 40.0 Å². The number of nitrogens with one attached hydrogen (secondary N) is 3. The molecule has 7 nitrogen and oxygen atoms in total. The van der Waals surface area contributed by atoms with E-state index in [0.29, 0.717) is 39.3 Å². The number of ether oxygens (including phenoxy) is 2. The van der Waals surface area contributed by atoms with Crippen LogP contribution >= 0.6 is 24.0 Å². The Morgan fingerprint density at radius 1 is 1.17 bits per heavy atom. The molecule has 24 heavy (non-hydrogen) atoms. The molecule has 0 aromatic heterocycles. The van der Waals surface area contributed by atoms with E-state index in [1.165, 1.54) is 0 Å². The number of guanidine groups is 1. The van der Waals surface area contributed by atoms with Gasteiger partial charge in [0.1, 0.15) is 0 Å². The molecule has 3 N–H and O–H groups in total. The lowest BCUT2D eigenvalue weighted by atomic mass is 10.2. The Hall–Kier alpha value is -0.610. The first-order chi connectivity index (χ1) is 11.1. The number of amides is 1. The second kappa shape index (κ2) is 18.7. The lowest BCUT2D eigenvalue weighted by Crippen LogP contribution is -2.40. The van der Waals surface area contributed by atoms with Gasteiger partial charge in [-0.1, -0.05) is 6.92 Å². The number of carbonyl (C=O) groups is 1. The first-order valence-electron chi connectivity index (χ1n) is 8.52. The van der Waals surface area contributed by atoms with Crippen LogP contribution in [0.2, 0.25) is 0 Å². The van der Waals surface area contributed by atoms with Crippen LogP contribution in [-0.2, 0) is 14.3 Å². The minimum Gasteiger partial charge on any atom is -0.382 e. The summed E-state index contributed by atoms with van der Waals surface area (Å²) in [6, 6.07) is 0.225. The van der Waals surface area contributed by atoms with E-state index in [1.807, 2.05) is 13.8 Å². The van der Waals surface area contributed by atoms with Crippen molar-refractivity contribution in [2.45, 2.75) is 46.1 Å². The van der Waals surface area contributed by atoms with E-state index in [9.17, 15) is 4.79 Å². The number of hydrogen-bond acceptors (Lipinski definition) is 4.